The molecular formula is C9H8ClNO2S. The first-order valence-corrected chi connectivity index (χ1v) is 5.36. The Balaban J connectivity index is 2.72. The Labute approximate surface area is 91.1 Å². The number of esters is 1. The van der Waals surface area contributed by atoms with E-state index in [-0.39, 0.29) is 5.88 Å². The Kier molecular flexibility index (Phi) is 4.44. The molecule has 0 saturated heterocycles. The topological polar surface area (TPSA) is 39.2 Å². The highest BCUT2D eigenvalue weighted by molar-refractivity contribution is 7.10. The summed E-state index contributed by atoms with van der Waals surface area (Å²) in [6, 6.07) is 0. The zero-order valence-electron chi connectivity index (χ0n) is 7.54. The maximum absolute atomic E-state index is 11.2. The minimum Gasteiger partial charge on any atom is -0.461 e. The zero-order chi connectivity index (χ0) is 10.4. The smallest absolute Gasteiger partial charge is 0.357 e. The highest BCUT2D eigenvalue weighted by Crippen LogP contribution is 2.09. The fourth-order valence-corrected chi connectivity index (χ4v) is 1.46. The van der Waals surface area contributed by atoms with E-state index in [4.69, 9.17) is 16.3 Å². The second-order valence-corrected chi connectivity index (χ2v) is 3.32. The van der Waals surface area contributed by atoms with Crippen molar-refractivity contribution in [3.8, 4) is 11.8 Å². The number of halogens is 1. The summed E-state index contributed by atoms with van der Waals surface area (Å²) >= 11 is 6.68. The molecule has 0 amide bonds. The predicted molar refractivity (Wildman–Crippen MR) is 55.7 cm³/mol. The molecule has 1 aromatic heterocycles. The molecule has 5 heteroatoms. The van der Waals surface area contributed by atoms with Gasteiger partial charge in [-0.25, -0.2) is 9.78 Å². The summed E-state index contributed by atoms with van der Waals surface area (Å²) in [6.45, 7) is 2.09. The van der Waals surface area contributed by atoms with Gasteiger partial charge in [-0.2, -0.15) is 0 Å². The van der Waals surface area contributed by atoms with Gasteiger partial charge < -0.3 is 4.74 Å². The van der Waals surface area contributed by atoms with Crippen molar-refractivity contribution in [1.82, 2.24) is 4.98 Å². The van der Waals surface area contributed by atoms with Crippen molar-refractivity contribution in [1.29, 1.82) is 0 Å². The summed E-state index contributed by atoms with van der Waals surface area (Å²) in [5.74, 6) is 5.23. The van der Waals surface area contributed by atoms with Gasteiger partial charge >= 0.3 is 5.97 Å². The summed E-state index contributed by atoms with van der Waals surface area (Å²) in [5, 5.41) is 2.20. The molecule has 0 aliphatic carbocycles. The molecule has 0 atom stereocenters. The summed E-state index contributed by atoms with van der Waals surface area (Å²) in [4.78, 5) is 15.2. The van der Waals surface area contributed by atoms with E-state index in [1.54, 1.807) is 12.3 Å². The molecule has 0 aromatic carbocycles. The number of hydrogen-bond acceptors (Lipinski definition) is 4. The molecule has 0 saturated carbocycles. The highest BCUT2D eigenvalue weighted by Gasteiger charge is 2.09. The van der Waals surface area contributed by atoms with Crippen LogP contribution in [0, 0.1) is 11.8 Å². The number of alkyl halides is 1. The van der Waals surface area contributed by atoms with Gasteiger partial charge in [-0.15, -0.1) is 22.9 Å². The van der Waals surface area contributed by atoms with Crippen LogP contribution in [0.25, 0.3) is 0 Å². The lowest BCUT2D eigenvalue weighted by Gasteiger charge is -1.95. The number of carbonyl (C=O) groups is 1. The summed E-state index contributed by atoms with van der Waals surface area (Å²) in [5.41, 5.74) is 0.302. The van der Waals surface area contributed by atoms with Gasteiger partial charge in [0.2, 0.25) is 0 Å². The van der Waals surface area contributed by atoms with E-state index < -0.39 is 5.97 Å². The third kappa shape index (κ3) is 3.02. The molecule has 1 aromatic rings. The van der Waals surface area contributed by atoms with Crippen LogP contribution in [0.1, 0.15) is 22.4 Å². The summed E-state index contributed by atoms with van der Waals surface area (Å²) in [7, 11) is 0. The Morgan fingerprint density at radius 2 is 2.57 bits per heavy atom. The van der Waals surface area contributed by atoms with Gasteiger partial charge in [-0.3, -0.25) is 0 Å². The average Bonchev–Trinajstić information content (AvgIpc) is 2.63. The van der Waals surface area contributed by atoms with Crippen molar-refractivity contribution >= 4 is 28.9 Å². The van der Waals surface area contributed by atoms with Crippen LogP contribution in [-0.4, -0.2) is 23.4 Å². The number of rotatable bonds is 2. The van der Waals surface area contributed by atoms with Crippen LogP contribution < -0.4 is 0 Å². The van der Waals surface area contributed by atoms with Gasteiger partial charge in [0, 0.05) is 5.38 Å². The van der Waals surface area contributed by atoms with Crippen molar-refractivity contribution in [3.63, 3.8) is 0 Å². The third-order valence-corrected chi connectivity index (χ3v) is 2.14. The molecule has 0 aliphatic rings. The largest absolute Gasteiger partial charge is 0.461 e. The normalized spacial score (nSPS) is 9.00. The van der Waals surface area contributed by atoms with Crippen molar-refractivity contribution < 1.29 is 9.53 Å². The molecule has 3 nitrogen and oxygen atoms in total. The van der Waals surface area contributed by atoms with E-state index >= 15 is 0 Å². The monoisotopic (exact) mass is 229 g/mol. The van der Waals surface area contributed by atoms with Gasteiger partial charge in [-0.1, -0.05) is 5.92 Å². The van der Waals surface area contributed by atoms with Crippen LogP contribution in [0.5, 0.6) is 0 Å². The summed E-state index contributed by atoms with van der Waals surface area (Å²) < 4.78 is 4.78. The molecule has 0 N–H and O–H groups in total. The van der Waals surface area contributed by atoms with E-state index in [0.717, 1.165) is 0 Å². The fraction of sp³-hybridized carbons (Fsp3) is 0.333. The van der Waals surface area contributed by atoms with Crippen molar-refractivity contribution in [2.75, 3.05) is 12.5 Å². The van der Waals surface area contributed by atoms with E-state index in [1.807, 2.05) is 0 Å². The van der Waals surface area contributed by atoms with Crippen LogP contribution in [0.3, 0.4) is 0 Å². The first kappa shape index (κ1) is 11.0. The molecular weight excluding hydrogens is 222 g/mol. The number of aromatic nitrogens is 1. The van der Waals surface area contributed by atoms with Crippen LogP contribution in [0.15, 0.2) is 5.38 Å². The van der Waals surface area contributed by atoms with Gasteiger partial charge in [0.05, 0.1) is 12.5 Å². The zero-order valence-corrected chi connectivity index (χ0v) is 9.11. The van der Waals surface area contributed by atoms with Crippen molar-refractivity contribution in [2.24, 2.45) is 0 Å². The van der Waals surface area contributed by atoms with Gasteiger partial charge in [0.1, 0.15) is 0 Å². The molecule has 0 aliphatic heterocycles. The van der Waals surface area contributed by atoms with E-state index in [0.29, 0.717) is 17.3 Å². The molecule has 0 unspecified atom stereocenters. The lowest BCUT2D eigenvalue weighted by Crippen LogP contribution is -2.04. The average molecular weight is 230 g/mol. The van der Waals surface area contributed by atoms with Crippen LogP contribution in [0.4, 0.5) is 0 Å². The van der Waals surface area contributed by atoms with Crippen molar-refractivity contribution in [2.45, 2.75) is 6.92 Å². The Morgan fingerprint density at radius 3 is 3.21 bits per heavy atom. The number of ether oxygens (including phenoxy) is 1. The lowest BCUT2D eigenvalue weighted by atomic mass is 10.5. The number of thiazole rings is 1. The van der Waals surface area contributed by atoms with Crippen LogP contribution in [-0.2, 0) is 4.74 Å². The van der Waals surface area contributed by atoms with E-state index in [9.17, 15) is 4.79 Å². The van der Waals surface area contributed by atoms with Gasteiger partial charge in [-0.05, 0) is 12.8 Å². The summed E-state index contributed by atoms with van der Waals surface area (Å²) in [6.07, 6.45) is 0. The quantitative estimate of drug-likeness (QED) is 0.442. The predicted octanol–water partition coefficient (Wildman–Crippen LogP) is 1.91. The second kappa shape index (κ2) is 5.63. The Morgan fingerprint density at radius 1 is 1.79 bits per heavy atom. The van der Waals surface area contributed by atoms with Gasteiger partial charge in [0.25, 0.3) is 0 Å². The Bertz CT molecular complexity index is 378. The Hall–Kier alpha value is -1.05. The molecule has 0 bridgehead atoms. The molecule has 0 spiro atoms. The molecule has 14 heavy (non-hydrogen) atoms. The maximum atomic E-state index is 11.2. The van der Waals surface area contributed by atoms with Crippen LogP contribution in [0.2, 0.25) is 0 Å². The number of carbonyl (C=O) groups excluding carboxylic acids is 1. The number of nitrogens with zero attached hydrogens (tertiary/aromatic N) is 1. The van der Waals surface area contributed by atoms with E-state index in [2.05, 4.69) is 16.8 Å². The maximum Gasteiger partial charge on any atom is 0.357 e. The fourth-order valence-electron chi connectivity index (χ4n) is 0.739. The highest BCUT2D eigenvalue weighted by atomic mass is 35.5. The van der Waals surface area contributed by atoms with E-state index in [1.165, 1.54) is 11.3 Å². The lowest BCUT2D eigenvalue weighted by molar-refractivity contribution is 0.0520. The standard InChI is InChI=1S/C9H8ClNO2S/c1-2-13-9(12)7-6-14-8(11-7)4-3-5-10/h6H,2,5H2,1H3. The first-order valence-electron chi connectivity index (χ1n) is 3.95. The molecule has 1 rings (SSSR count). The first-order chi connectivity index (χ1) is 6.77. The molecule has 0 radical (unpaired) electrons. The second-order valence-electron chi connectivity index (χ2n) is 2.19. The molecule has 74 valence electrons. The van der Waals surface area contributed by atoms with Crippen LogP contribution >= 0.6 is 22.9 Å². The SMILES string of the molecule is CCOC(=O)c1csc(C#CCCl)n1. The number of hydrogen-bond donors (Lipinski definition) is 0. The third-order valence-electron chi connectivity index (χ3n) is 1.25. The van der Waals surface area contributed by atoms with Gasteiger partial charge in [0.15, 0.2) is 10.7 Å². The van der Waals surface area contributed by atoms with Crippen molar-refractivity contribution in [3.05, 3.63) is 16.1 Å². The molecule has 0 fully saturated rings. The minimum atomic E-state index is -0.414. The minimum absolute atomic E-state index is 0.258. The molecule has 1 heterocycles.